The summed E-state index contributed by atoms with van der Waals surface area (Å²) in [6, 6.07) is 9.88. The summed E-state index contributed by atoms with van der Waals surface area (Å²) < 4.78 is 43.1. The molecule has 1 aromatic carbocycles. The van der Waals surface area contributed by atoms with Gasteiger partial charge in [0.15, 0.2) is 11.0 Å². The molecule has 1 atom stereocenters. The van der Waals surface area contributed by atoms with Gasteiger partial charge in [-0.25, -0.2) is 14.6 Å². The third kappa shape index (κ3) is 8.05. The van der Waals surface area contributed by atoms with Crippen LogP contribution in [-0.2, 0) is 22.3 Å². The molecule has 6 rings (SSSR count). The smallest absolute Gasteiger partial charge is 0.333 e. The Labute approximate surface area is 291 Å². The molecule has 5 heterocycles. The van der Waals surface area contributed by atoms with Gasteiger partial charge >= 0.3 is 10.3 Å². The molecule has 1 fully saturated rings. The largest absolute Gasteiger partial charge is 0.497 e. The topological polar surface area (TPSA) is 199 Å². The van der Waals surface area contributed by atoms with Crippen LogP contribution in [-0.4, -0.2) is 79.7 Å². The number of hydrogen-bond donors (Lipinski definition) is 3. The summed E-state index contributed by atoms with van der Waals surface area (Å²) in [5.41, 5.74) is 1.84. The lowest BCUT2D eigenvalue weighted by atomic mass is 9.93. The number of piperidine rings is 1. The number of fused-ring (bicyclic) bond motifs is 1. The third-order valence-corrected chi connectivity index (χ3v) is 9.48. The fourth-order valence-electron chi connectivity index (χ4n) is 5.49. The molecular weight excluding hydrogens is 685 g/mol. The first-order valence-corrected chi connectivity index (χ1v) is 18.0. The summed E-state index contributed by atoms with van der Waals surface area (Å²) in [7, 11) is -2.87. The van der Waals surface area contributed by atoms with Crippen LogP contribution in [0.3, 0.4) is 0 Å². The second-order valence-corrected chi connectivity index (χ2v) is 14.8. The number of tetrazole rings is 1. The minimum Gasteiger partial charge on any atom is -0.497 e. The number of nitrogens with zero attached hydrogens (tertiary/aromatic N) is 8. The Morgan fingerprint density at radius 2 is 1.94 bits per heavy atom. The van der Waals surface area contributed by atoms with Crippen LogP contribution in [0.25, 0.3) is 17.8 Å². The summed E-state index contributed by atoms with van der Waals surface area (Å²) in [5, 5.41) is 17.2. The van der Waals surface area contributed by atoms with Crippen molar-refractivity contribution in [2.75, 3.05) is 30.4 Å². The van der Waals surface area contributed by atoms with E-state index in [1.54, 1.807) is 28.8 Å². The minimum atomic E-state index is -4.46. The lowest BCUT2D eigenvalue weighted by molar-refractivity contribution is 0.102. The first-order chi connectivity index (χ1) is 23.8. The number of rotatable bonds is 10. The van der Waals surface area contributed by atoms with E-state index in [0.29, 0.717) is 36.9 Å². The van der Waals surface area contributed by atoms with E-state index in [1.807, 2.05) is 50.4 Å². The molecule has 16 nitrogen and oxygen atoms in total. The maximum Gasteiger partial charge on any atom is 0.333 e. The number of ether oxygens (including phenoxy) is 1. The second kappa shape index (κ2) is 14.1. The van der Waals surface area contributed by atoms with Crippen LogP contribution < -0.4 is 25.2 Å². The number of aromatic nitrogens is 7. The van der Waals surface area contributed by atoms with Crippen LogP contribution in [0.15, 0.2) is 52.8 Å². The Morgan fingerprint density at radius 1 is 1.16 bits per heavy atom. The first-order valence-electron chi connectivity index (χ1n) is 15.7. The number of carbonyl (C=O) groups is 1. The molecule has 0 radical (unpaired) electrons. The number of benzene rings is 1. The highest BCUT2D eigenvalue weighted by atomic mass is 32.2. The maximum atomic E-state index is 14.1. The van der Waals surface area contributed by atoms with Crippen molar-refractivity contribution in [3.8, 4) is 5.75 Å². The van der Waals surface area contributed by atoms with Crippen LogP contribution in [0.1, 0.15) is 66.6 Å². The zero-order chi connectivity index (χ0) is 35.6. The van der Waals surface area contributed by atoms with E-state index >= 15 is 0 Å². The lowest BCUT2D eigenvalue weighted by Gasteiger charge is -2.34. The Hall–Kier alpha value is -5.04. The quantitative estimate of drug-likeness (QED) is 0.178. The second-order valence-electron chi connectivity index (χ2n) is 12.8. The van der Waals surface area contributed by atoms with Crippen LogP contribution in [0.5, 0.6) is 5.75 Å². The zero-order valence-corrected chi connectivity index (χ0v) is 29.4. The highest BCUT2D eigenvalue weighted by Gasteiger charge is 2.27. The van der Waals surface area contributed by atoms with Crippen LogP contribution in [0, 0.1) is 0 Å². The van der Waals surface area contributed by atoms with Gasteiger partial charge < -0.3 is 9.64 Å². The van der Waals surface area contributed by atoms with Gasteiger partial charge in [-0.05, 0) is 65.2 Å². The fraction of sp³-hybridized carbons (Fsp3) is 0.344. The molecular formula is C32H36N10O6S2. The van der Waals surface area contributed by atoms with Gasteiger partial charge in [0.05, 0.1) is 24.9 Å². The molecule has 0 spiro atoms. The van der Waals surface area contributed by atoms with Crippen molar-refractivity contribution >= 4 is 56.3 Å². The molecule has 18 heteroatoms. The number of pyridine rings is 1. The van der Waals surface area contributed by atoms with Crippen molar-refractivity contribution in [3.63, 3.8) is 0 Å². The first kappa shape index (κ1) is 34.8. The number of amides is 1. The number of hydrogen-bond acceptors (Lipinski definition) is 12. The average molecular weight is 721 g/mol. The van der Waals surface area contributed by atoms with Crippen molar-refractivity contribution in [1.29, 1.82) is 0 Å². The van der Waals surface area contributed by atoms with Gasteiger partial charge in [0.25, 0.3) is 11.5 Å². The Balaban J connectivity index is 1.35. The Bertz CT molecular complexity index is 2220. The predicted octanol–water partition coefficient (Wildman–Crippen LogP) is 3.28. The number of anilines is 2. The minimum absolute atomic E-state index is 0.138. The number of carbonyl (C=O) groups excluding carboxylic acids is 1. The van der Waals surface area contributed by atoms with Gasteiger partial charge in [0.1, 0.15) is 17.2 Å². The van der Waals surface area contributed by atoms with Gasteiger partial charge in [-0.3, -0.25) is 23.9 Å². The van der Waals surface area contributed by atoms with Crippen LogP contribution in [0.2, 0.25) is 0 Å². The molecule has 0 unspecified atom stereocenters. The Morgan fingerprint density at radius 3 is 2.64 bits per heavy atom. The molecule has 0 aliphatic carbocycles. The van der Waals surface area contributed by atoms with Crippen molar-refractivity contribution in [1.82, 2.24) is 39.3 Å². The highest BCUT2D eigenvalue weighted by molar-refractivity contribution is 7.83. The standard InChI is InChI=1S/C32H36N10O6S2/c1-32(2,3)25-19-49-31(33-25)35-29(43)21-13-15-41-27(16-21)34-28(40-14-5-6-22(18-40)37-50(45,46)47)24(30(41)44)11-12-26-36-38-39-42(26)17-20-7-9-23(48-4)10-8-20/h7-13,15-16,19,22,37H,5-6,14,17-18H2,1-4H3,(H,33,35,43)(H,45,46,47)/t22-/m1/s1. The van der Waals surface area contributed by atoms with Crippen molar-refractivity contribution in [2.24, 2.45) is 0 Å². The fourth-order valence-corrected chi connectivity index (χ4v) is 7.04. The van der Waals surface area contributed by atoms with E-state index in [-0.39, 0.29) is 34.6 Å². The molecule has 4 aromatic heterocycles. The molecule has 3 N–H and O–H groups in total. The van der Waals surface area contributed by atoms with Gasteiger partial charge in [0.2, 0.25) is 0 Å². The normalized spacial score (nSPS) is 15.5. The number of methoxy groups -OCH3 is 1. The summed E-state index contributed by atoms with van der Waals surface area (Å²) in [6.45, 7) is 7.07. The third-order valence-electron chi connectivity index (χ3n) is 8.09. The van der Waals surface area contributed by atoms with Gasteiger partial charge in [0, 0.05) is 41.7 Å². The predicted molar refractivity (Wildman–Crippen MR) is 189 cm³/mol. The van der Waals surface area contributed by atoms with Crippen LogP contribution in [0.4, 0.5) is 10.9 Å². The number of thiazole rings is 1. The molecule has 0 saturated carbocycles. The van der Waals surface area contributed by atoms with E-state index in [1.165, 1.54) is 34.1 Å². The molecule has 1 aliphatic rings. The van der Waals surface area contributed by atoms with Gasteiger partial charge in [-0.15, -0.1) is 16.4 Å². The zero-order valence-electron chi connectivity index (χ0n) is 27.8. The maximum absolute atomic E-state index is 14.1. The van der Waals surface area contributed by atoms with E-state index in [2.05, 4.69) is 30.5 Å². The molecule has 1 amide bonds. The lowest BCUT2D eigenvalue weighted by Crippen LogP contribution is -2.48. The number of nitrogens with one attached hydrogen (secondary N) is 2. The van der Waals surface area contributed by atoms with Crippen molar-refractivity contribution in [3.05, 3.63) is 86.5 Å². The Kier molecular flexibility index (Phi) is 9.79. The van der Waals surface area contributed by atoms with E-state index in [9.17, 15) is 22.6 Å². The van der Waals surface area contributed by atoms with Crippen molar-refractivity contribution < 1.29 is 22.5 Å². The van der Waals surface area contributed by atoms with E-state index < -0.39 is 27.8 Å². The average Bonchev–Trinajstić information content (AvgIpc) is 3.73. The summed E-state index contributed by atoms with van der Waals surface area (Å²) in [4.78, 5) is 38.5. The van der Waals surface area contributed by atoms with E-state index in [0.717, 1.165) is 17.0 Å². The van der Waals surface area contributed by atoms with Gasteiger partial charge in [-0.2, -0.15) is 13.1 Å². The monoisotopic (exact) mass is 720 g/mol. The molecule has 0 bridgehead atoms. The molecule has 5 aromatic rings. The summed E-state index contributed by atoms with van der Waals surface area (Å²) in [5.74, 6) is 0.955. The van der Waals surface area contributed by atoms with Gasteiger partial charge in [-0.1, -0.05) is 32.9 Å². The molecule has 1 aliphatic heterocycles. The SMILES string of the molecule is COc1ccc(Cn2nnnc2C=Cc2c(N3CCC[C@@H](NS(=O)(=O)O)C3)nc3cc(C(=O)Nc4nc(C(C)(C)C)cs4)ccn3c2=O)cc1. The summed E-state index contributed by atoms with van der Waals surface area (Å²) in [6.07, 6.45) is 5.70. The van der Waals surface area contributed by atoms with E-state index in [4.69, 9.17) is 9.72 Å². The van der Waals surface area contributed by atoms with Crippen molar-refractivity contribution in [2.45, 2.75) is 51.6 Å². The molecule has 262 valence electrons. The molecule has 50 heavy (non-hydrogen) atoms. The molecule has 1 saturated heterocycles. The summed E-state index contributed by atoms with van der Waals surface area (Å²) >= 11 is 1.32. The van der Waals surface area contributed by atoms with Crippen LogP contribution >= 0.6 is 11.3 Å². The highest BCUT2D eigenvalue weighted by Crippen LogP contribution is 2.27.